The van der Waals surface area contributed by atoms with Gasteiger partial charge in [-0.05, 0) is 44.5 Å². The largest absolute Gasteiger partial charge is 0.418 e. The van der Waals surface area contributed by atoms with Crippen LogP contribution >= 0.6 is 0 Å². The summed E-state index contributed by atoms with van der Waals surface area (Å²) in [4.78, 5) is 13.4. The van der Waals surface area contributed by atoms with Crippen LogP contribution in [0.5, 0.6) is 0 Å². The maximum atomic E-state index is 13.6. The number of hydrogen-bond donors (Lipinski definition) is 1. The van der Waals surface area contributed by atoms with Gasteiger partial charge in [0.25, 0.3) is 0 Å². The van der Waals surface area contributed by atoms with Crippen molar-refractivity contribution in [2.75, 3.05) is 28.4 Å². The molecule has 0 atom stereocenters. The number of halogens is 3. The number of fused-ring (bicyclic) bond motifs is 1. The monoisotopic (exact) mass is 402 g/mol. The summed E-state index contributed by atoms with van der Waals surface area (Å²) in [6, 6.07) is 9.34. The van der Waals surface area contributed by atoms with Crippen LogP contribution in [0.2, 0.25) is 0 Å². The molecule has 0 unspecified atom stereocenters. The normalized spacial score (nSPS) is 14.8. The van der Waals surface area contributed by atoms with E-state index in [1.165, 1.54) is 12.1 Å². The Morgan fingerprint density at radius 1 is 1.00 bits per heavy atom. The molecule has 1 N–H and O–H groups in total. The van der Waals surface area contributed by atoms with Crippen molar-refractivity contribution in [3.63, 3.8) is 0 Å². The Morgan fingerprint density at radius 2 is 1.76 bits per heavy atom. The third-order valence-electron chi connectivity index (χ3n) is 4.63. The molecule has 0 amide bonds. The third kappa shape index (κ3) is 3.76. The van der Waals surface area contributed by atoms with Gasteiger partial charge < -0.3 is 5.32 Å². The van der Waals surface area contributed by atoms with E-state index in [0.717, 1.165) is 6.07 Å². The zero-order valence-corrected chi connectivity index (χ0v) is 16.1. The number of hydrogen-bond acceptors (Lipinski definition) is 6. The lowest BCUT2D eigenvalue weighted by molar-refractivity contribution is -0.137. The lowest BCUT2D eigenvalue weighted by Gasteiger charge is -2.33. The summed E-state index contributed by atoms with van der Waals surface area (Å²) in [5.74, 6) is 0.942. The van der Waals surface area contributed by atoms with Crippen LogP contribution in [0, 0.1) is 0 Å². The van der Waals surface area contributed by atoms with Crippen LogP contribution in [0.25, 0.3) is 11.0 Å². The molecule has 1 saturated heterocycles. The molecule has 152 valence electrons. The standard InChI is InChI=1S/C20H21F3N6/c1-13(2)25-19-26-17-14(7-5-10-24-17)18(27-19)29-12-6-11-28(29)16-9-4-3-8-15(16)20(21,22)23/h3-5,7-10,13H,6,11-12H2,1-2H3,(H,24,25,26,27). The Labute approximate surface area is 166 Å². The van der Waals surface area contributed by atoms with Crippen molar-refractivity contribution in [2.24, 2.45) is 0 Å². The molecule has 4 rings (SSSR count). The molecular weight excluding hydrogens is 381 g/mol. The fourth-order valence-corrected chi connectivity index (χ4v) is 3.49. The van der Waals surface area contributed by atoms with Gasteiger partial charge >= 0.3 is 6.18 Å². The maximum absolute atomic E-state index is 13.6. The number of alkyl halides is 3. The van der Waals surface area contributed by atoms with E-state index in [0.29, 0.717) is 42.3 Å². The van der Waals surface area contributed by atoms with E-state index < -0.39 is 11.7 Å². The first-order valence-electron chi connectivity index (χ1n) is 9.45. The van der Waals surface area contributed by atoms with Crippen molar-refractivity contribution >= 4 is 28.5 Å². The quantitative estimate of drug-likeness (QED) is 0.694. The van der Waals surface area contributed by atoms with Crippen LogP contribution in [0.4, 0.5) is 30.6 Å². The van der Waals surface area contributed by atoms with Gasteiger partial charge in [-0.25, -0.2) is 4.98 Å². The molecule has 2 aromatic heterocycles. The fraction of sp³-hybridized carbons (Fsp3) is 0.350. The van der Waals surface area contributed by atoms with Crippen molar-refractivity contribution in [2.45, 2.75) is 32.5 Å². The molecule has 1 aliphatic heterocycles. The van der Waals surface area contributed by atoms with Gasteiger partial charge in [0.05, 0.1) is 16.6 Å². The van der Waals surface area contributed by atoms with Crippen molar-refractivity contribution in [3.8, 4) is 0 Å². The summed E-state index contributed by atoms with van der Waals surface area (Å²) in [5, 5.41) is 7.30. The third-order valence-corrected chi connectivity index (χ3v) is 4.63. The van der Waals surface area contributed by atoms with Gasteiger partial charge in [0, 0.05) is 25.3 Å². The predicted octanol–water partition coefficient (Wildman–Crippen LogP) is 4.50. The summed E-state index contributed by atoms with van der Waals surface area (Å²) < 4.78 is 40.8. The summed E-state index contributed by atoms with van der Waals surface area (Å²) in [7, 11) is 0. The van der Waals surface area contributed by atoms with E-state index in [4.69, 9.17) is 0 Å². The molecule has 29 heavy (non-hydrogen) atoms. The Kier molecular flexibility index (Phi) is 4.89. The zero-order valence-electron chi connectivity index (χ0n) is 16.1. The highest BCUT2D eigenvalue weighted by molar-refractivity contribution is 5.89. The summed E-state index contributed by atoms with van der Waals surface area (Å²) in [5.41, 5.74) is -0.0490. The van der Waals surface area contributed by atoms with Gasteiger partial charge in [-0.2, -0.15) is 23.1 Å². The second-order valence-electron chi connectivity index (χ2n) is 7.16. The molecule has 9 heteroatoms. The van der Waals surface area contributed by atoms with Crippen molar-refractivity contribution in [1.82, 2.24) is 15.0 Å². The molecule has 0 bridgehead atoms. The number of pyridine rings is 1. The highest BCUT2D eigenvalue weighted by atomic mass is 19.4. The van der Waals surface area contributed by atoms with Crippen LogP contribution in [0.15, 0.2) is 42.6 Å². The number of rotatable bonds is 4. The van der Waals surface area contributed by atoms with Crippen LogP contribution in [0.3, 0.4) is 0 Å². The van der Waals surface area contributed by atoms with Crippen molar-refractivity contribution in [3.05, 3.63) is 48.2 Å². The number of anilines is 3. The highest BCUT2D eigenvalue weighted by Gasteiger charge is 2.37. The second kappa shape index (κ2) is 7.38. The molecule has 0 saturated carbocycles. The fourth-order valence-electron chi connectivity index (χ4n) is 3.49. The smallest absolute Gasteiger partial charge is 0.352 e. The summed E-state index contributed by atoms with van der Waals surface area (Å²) >= 11 is 0. The molecule has 3 aromatic rings. The number of hydrazine groups is 1. The van der Waals surface area contributed by atoms with Crippen LogP contribution < -0.4 is 15.3 Å². The van der Waals surface area contributed by atoms with Gasteiger partial charge in [-0.1, -0.05) is 12.1 Å². The first-order chi connectivity index (χ1) is 13.8. The van der Waals surface area contributed by atoms with Gasteiger partial charge in [-0.3, -0.25) is 10.0 Å². The van der Waals surface area contributed by atoms with Crippen molar-refractivity contribution < 1.29 is 13.2 Å². The topological polar surface area (TPSA) is 57.2 Å². The van der Waals surface area contributed by atoms with Gasteiger partial charge in [0.2, 0.25) is 5.95 Å². The van der Waals surface area contributed by atoms with E-state index in [2.05, 4.69) is 20.3 Å². The lowest BCUT2D eigenvalue weighted by Crippen LogP contribution is -2.38. The highest BCUT2D eigenvalue weighted by Crippen LogP contribution is 2.39. The number of benzene rings is 1. The first-order valence-corrected chi connectivity index (χ1v) is 9.45. The molecule has 0 spiro atoms. The maximum Gasteiger partial charge on any atom is 0.418 e. The predicted molar refractivity (Wildman–Crippen MR) is 107 cm³/mol. The van der Waals surface area contributed by atoms with E-state index in [9.17, 15) is 13.2 Å². The first kappa shape index (κ1) is 19.2. The minimum Gasteiger partial charge on any atom is -0.352 e. The Balaban J connectivity index is 1.84. The molecular formula is C20H21F3N6. The minimum absolute atomic E-state index is 0.102. The molecule has 3 heterocycles. The average Bonchev–Trinajstić information content (AvgIpc) is 3.15. The van der Waals surface area contributed by atoms with Gasteiger partial charge in [-0.15, -0.1) is 0 Å². The Hall–Kier alpha value is -3.10. The van der Waals surface area contributed by atoms with Gasteiger partial charge in [0.1, 0.15) is 0 Å². The molecule has 0 aliphatic carbocycles. The summed E-state index contributed by atoms with van der Waals surface area (Å²) in [6.07, 6.45) is -2.09. The second-order valence-corrected chi connectivity index (χ2v) is 7.16. The number of nitrogens with one attached hydrogen (secondary N) is 1. The van der Waals surface area contributed by atoms with Crippen LogP contribution in [-0.4, -0.2) is 34.1 Å². The number of aromatic nitrogens is 3. The average molecular weight is 402 g/mol. The minimum atomic E-state index is -4.44. The van der Waals surface area contributed by atoms with Crippen LogP contribution in [-0.2, 0) is 6.18 Å². The van der Waals surface area contributed by atoms with Crippen molar-refractivity contribution in [1.29, 1.82) is 0 Å². The van der Waals surface area contributed by atoms with E-state index in [1.54, 1.807) is 28.3 Å². The van der Waals surface area contributed by atoms with Crippen LogP contribution in [0.1, 0.15) is 25.8 Å². The van der Waals surface area contributed by atoms with E-state index >= 15 is 0 Å². The molecule has 1 fully saturated rings. The molecule has 0 radical (unpaired) electrons. The summed E-state index contributed by atoms with van der Waals surface area (Å²) in [6.45, 7) is 4.95. The SMILES string of the molecule is CC(C)Nc1nc(N2CCCN2c2ccccc2C(F)(F)F)c2cccnc2n1. The van der Waals surface area contributed by atoms with E-state index in [1.807, 2.05) is 19.9 Å². The Bertz CT molecular complexity index is 1020. The van der Waals surface area contributed by atoms with Gasteiger partial charge in [0.15, 0.2) is 11.5 Å². The Morgan fingerprint density at radius 3 is 2.52 bits per heavy atom. The van der Waals surface area contributed by atoms with E-state index in [-0.39, 0.29) is 11.7 Å². The zero-order chi connectivity index (χ0) is 20.6. The number of para-hydroxylation sites is 1. The number of nitrogens with zero attached hydrogens (tertiary/aromatic N) is 5. The molecule has 6 nitrogen and oxygen atoms in total. The molecule has 1 aliphatic rings. The molecule has 1 aromatic carbocycles. The lowest BCUT2D eigenvalue weighted by atomic mass is 10.1.